The first-order valence-electron chi connectivity index (χ1n) is 8.15. The maximum Gasteiger partial charge on any atom is 1.00 e. The van der Waals surface area contributed by atoms with E-state index in [1.807, 2.05) is 5.92 Å². The van der Waals surface area contributed by atoms with Crippen LogP contribution >= 0.6 is 27.8 Å². The average Bonchev–Trinajstić information content (AvgIpc) is 2.50. The van der Waals surface area contributed by atoms with Crippen molar-refractivity contribution in [3.63, 3.8) is 0 Å². The van der Waals surface area contributed by atoms with Gasteiger partial charge >= 0.3 is 102 Å². The Morgan fingerprint density at radius 3 is 1.77 bits per heavy atom. The van der Waals surface area contributed by atoms with E-state index in [1.54, 1.807) is 0 Å². The van der Waals surface area contributed by atoms with Crippen molar-refractivity contribution < 1.29 is 113 Å². The third kappa shape index (κ3) is 19.1. The van der Waals surface area contributed by atoms with Gasteiger partial charge in [-0.1, -0.05) is 81.0 Å². The molecule has 0 saturated heterocycles. The third-order valence-electron chi connectivity index (χ3n) is 3.44. The van der Waals surface area contributed by atoms with E-state index in [2.05, 4.69) is 12.2 Å². The molecule has 0 aliphatic carbocycles. The molecule has 0 spiro atoms. The molecule has 0 aliphatic heterocycles. The second-order valence-electron chi connectivity index (χ2n) is 5.53. The minimum Gasteiger partial charge on any atom is -0.805 e. The van der Waals surface area contributed by atoms with Crippen molar-refractivity contribution in [1.82, 2.24) is 0 Å². The van der Waals surface area contributed by atoms with Crippen molar-refractivity contribution in [1.29, 1.82) is 0 Å². The van der Waals surface area contributed by atoms with E-state index < -0.39 is 21.1 Å². The predicted molar refractivity (Wildman–Crippen MR) is 93.6 cm³/mol. The third-order valence-corrected chi connectivity index (χ3v) is 6.58. The number of hydrogen-bond acceptors (Lipinski definition) is 6. The van der Waals surface area contributed by atoms with Crippen molar-refractivity contribution in [3.05, 3.63) is 0 Å². The maximum atomic E-state index is 10.8. The van der Waals surface area contributed by atoms with Crippen LogP contribution in [-0.4, -0.2) is 15.9 Å². The van der Waals surface area contributed by atoms with Gasteiger partial charge in [-0.05, 0) is 11.7 Å². The fourth-order valence-electron chi connectivity index (χ4n) is 1.97. The smallest absolute Gasteiger partial charge is 0.805 e. The van der Waals surface area contributed by atoms with E-state index in [0.717, 1.165) is 24.6 Å². The second-order valence-corrected chi connectivity index (χ2v) is 9.42. The Kier molecular flexibility index (Phi) is 32.0. The summed E-state index contributed by atoms with van der Waals surface area (Å²) in [6, 6.07) is 0. The van der Waals surface area contributed by atoms with Gasteiger partial charge in [0.1, 0.15) is 0 Å². The van der Waals surface area contributed by atoms with Crippen LogP contribution in [0.4, 0.5) is 0 Å². The summed E-state index contributed by atoms with van der Waals surface area (Å²) in [5, 5.41) is 8.78. The Balaban J connectivity index is -0.000000807. The van der Waals surface area contributed by atoms with Crippen molar-refractivity contribution in [2.45, 2.75) is 76.2 Å². The van der Waals surface area contributed by atoms with Gasteiger partial charge in [-0.15, -0.1) is 0 Å². The molecule has 134 valence electrons. The van der Waals surface area contributed by atoms with Crippen molar-refractivity contribution in [2.75, 3.05) is 5.75 Å². The van der Waals surface area contributed by atoms with E-state index in [4.69, 9.17) is 0 Å². The molecule has 0 heterocycles. The van der Waals surface area contributed by atoms with Crippen LogP contribution < -0.4 is 98.5 Å². The zero-order chi connectivity index (χ0) is 17.6. The first kappa shape index (κ1) is 36.5. The van der Waals surface area contributed by atoms with Crippen LogP contribution in [0.1, 0.15) is 71.1 Å². The minimum atomic E-state index is -5.40. The largest absolute Gasteiger partial charge is 1.00 e. The molecule has 0 aromatic heterocycles. The van der Waals surface area contributed by atoms with Gasteiger partial charge < -0.3 is 19.5 Å². The Labute approximate surface area is 230 Å². The molecule has 2 unspecified atom stereocenters. The molecule has 0 bridgehead atoms. The van der Waals surface area contributed by atoms with Gasteiger partial charge in [0.25, 0.3) is 0 Å². The summed E-state index contributed by atoms with van der Waals surface area (Å²) in [5.74, 6) is 2.60. The summed E-state index contributed by atoms with van der Waals surface area (Å²) in [7, 11) is -7.11. The molecular formula is C15H27Na3O5P2S+2. The molecule has 11 heteroatoms. The predicted octanol–water partition coefficient (Wildman–Crippen LogP) is -5.80. The molecule has 0 rings (SSSR count). The quantitative estimate of drug-likeness (QED) is 0.130. The summed E-state index contributed by atoms with van der Waals surface area (Å²) >= 11 is 1.13. The Bertz CT molecular complexity index is 443. The van der Waals surface area contributed by atoms with Gasteiger partial charge in [0.05, 0.1) is 0 Å². The van der Waals surface area contributed by atoms with Crippen LogP contribution in [0.15, 0.2) is 0 Å². The molecule has 1 N–H and O–H groups in total. The Hall–Kier alpha value is 3.12. The Morgan fingerprint density at radius 1 is 0.962 bits per heavy atom. The first-order chi connectivity index (χ1) is 10.9. The summed E-state index contributed by atoms with van der Waals surface area (Å²) in [6.45, 7) is 2.21. The van der Waals surface area contributed by atoms with Gasteiger partial charge in [-0.2, -0.15) is 0 Å². The van der Waals surface area contributed by atoms with E-state index in [0.29, 0.717) is 5.75 Å². The van der Waals surface area contributed by atoms with E-state index in [-0.39, 0.29) is 88.7 Å². The molecule has 0 radical (unpaired) electrons. The van der Waals surface area contributed by atoms with Crippen LogP contribution in [0.3, 0.4) is 0 Å². The fraction of sp³-hybridized carbons (Fsp3) is 0.867. The van der Waals surface area contributed by atoms with Gasteiger partial charge in [0, 0.05) is 19.3 Å². The number of rotatable bonds is 13. The zero-order valence-electron chi connectivity index (χ0n) is 16.7. The van der Waals surface area contributed by atoms with Crippen molar-refractivity contribution in [3.8, 4) is 11.2 Å². The van der Waals surface area contributed by atoms with E-state index >= 15 is 0 Å². The SMILES string of the molecule is CCCCCCCCCCCCSC#CC(O)([PH+]=O)P(=O)([O-])[O-].[Na+].[Na+].[Na+]. The van der Waals surface area contributed by atoms with Crippen LogP contribution in [0.25, 0.3) is 0 Å². The molecule has 0 saturated carbocycles. The molecule has 5 nitrogen and oxygen atoms in total. The van der Waals surface area contributed by atoms with Crippen LogP contribution in [0, 0.1) is 11.2 Å². The maximum absolute atomic E-state index is 10.8. The van der Waals surface area contributed by atoms with Gasteiger partial charge in [0.2, 0.25) is 0 Å². The standard InChI is InChI=1S/C15H28O5P2S.3Na/c1-2-3-4-5-6-7-8-9-10-11-13-23-14-12-15(16,21-17)22(18,19)20;;;/h16H,2-11,13H2,1H3,(H2,18,19,20);;;/q;3*+1/p-1. The fourth-order valence-corrected chi connectivity index (χ4v) is 3.56. The summed E-state index contributed by atoms with van der Waals surface area (Å²) < 4.78 is 21.4. The average molecular weight is 450 g/mol. The van der Waals surface area contributed by atoms with Crippen molar-refractivity contribution >= 4 is 27.8 Å². The summed E-state index contributed by atoms with van der Waals surface area (Å²) in [6.07, 6.45) is 12.3. The number of unbranched alkanes of at least 4 members (excludes halogenated alkanes) is 9. The Morgan fingerprint density at radius 2 is 1.38 bits per heavy atom. The van der Waals surface area contributed by atoms with Crippen LogP contribution in [0.5, 0.6) is 0 Å². The molecule has 0 fully saturated rings. The molecule has 0 amide bonds. The topological polar surface area (TPSA) is 100 Å². The minimum absolute atomic E-state index is 0. The molecule has 0 aromatic rings. The number of aliphatic hydroxyl groups is 1. The summed E-state index contributed by atoms with van der Waals surface area (Å²) in [5.41, 5.74) is 0. The summed E-state index contributed by atoms with van der Waals surface area (Å²) in [4.78, 5) is 21.5. The molecule has 26 heavy (non-hydrogen) atoms. The first-order valence-corrected chi connectivity index (χ1v) is 11.6. The van der Waals surface area contributed by atoms with Gasteiger partial charge in [0.15, 0.2) is 0 Å². The van der Waals surface area contributed by atoms with Crippen LogP contribution in [0.2, 0.25) is 0 Å². The second kappa shape index (κ2) is 22.8. The number of hydrogen-bond donors (Lipinski definition) is 1. The molecular weight excluding hydrogens is 423 g/mol. The molecule has 0 aliphatic rings. The van der Waals surface area contributed by atoms with Crippen LogP contribution in [-0.2, 0) is 9.13 Å². The molecule has 2 atom stereocenters. The van der Waals surface area contributed by atoms with Gasteiger partial charge in [-0.3, -0.25) is 0 Å². The van der Waals surface area contributed by atoms with E-state index in [9.17, 15) is 24.0 Å². The van der Waals surface area contributed by atoms with E-state index in [1.165, 1.54) is 51.4 Å². The molecule has 0 aromatic carbocycles. The number of thioether (sulfide) groups is 1. The zero-order valence-corrected chi connectivity index (χ0v) is 25.4. The van der Waals surface area contributed by atoms with Gasteiger partial charge in [-0.25, -0.2) is 0 Å². The normalized spacial score (nSPS) is 12.6. The monoisotopic (exact) mass is 450 g/mol. The van der Waals surface area contributed by atoms with Crippen molar-refractivity contribution in [2.24, 2.45) is 0 Å².